The Kier molecular flexibility index (Phi) is 4.18. The summed E-state index contributed by atoms with van der Waals surface area (Å²) < 4.78 is 7.82. The van der Waals surface area contributed by atoms with Crippen LogP contribution in [-0.2, 0) is 4.74 Å². The number of morpholine rings is 1. The Morgan fingerprint density at radius 1 is 1.21 bits per heavy atom. The number of H-pyrrole nitrogens is 1. The lowest BCUT2D eigenvalue weighted by Crippen LogP contribution is -2.46. The molecule has 1 fully saturated rings. The largest absolute Gasteiger partial charge is 0.369 e. The molecule has 1 saturated heterocycles. The van der Waals surface area contributed by atoms with Gasteiger partial charge in [0.1, 0.15) is 22.8 Å². The molecule has 4 aromatic heterocycles. The van der Waals surface area contributed by atoms with Crippen LogP contribution in [0.5, 0.6) is 0 Å². The molecule has 5 rings (SSSR count). The highest BCUT2D eigenvalue weighted by Gasteiger charge is 2.31. The fourth-order valence-electron chi connectivity index (χ4n) is 3.56. The fourth-order valence-corrected chi connectivity index (χ4v) is 3.71. The van der Waals surface area contributed by atoms with Crippen molar-refractivity contribution in [3.63, 3.8) is 0 Å². The van der Waals surface area contributed by atoms with E-state index in [-0.39, 0.29) is 12.1 Å². The number of imidazole rings is 1. The minimum atomic E-state index is -0.0772. The Morgan fingerprint density at radius 3 is 3.00 bits per heavy atom. The lowest BCUT2D eigenvalue weighted by molar-refractivity contribution is 0.0143. The van der Waals surface area contributed by atoms with Gasteiger partial charge in [-0.2, -0.15) is 5.10 Å². The first-order chi connectivity index (χ1) is 13.7. The van der Waals surface area contributed by atoms with Crippen molar-refractivity contribution in [2.75, 3.05) is 18.1 Å². The van der Waals surface area contributed by atoms with E-state index in [0.717, 1.165) is 23.6 Å². The summed E-state index contributed by atoms with van der Waals surface area (Å²) in [5, 5.41) is 7.27. The van der Waals surface area contributed by atoms with E-state index in [1.54, 1.807) is 31.0 Å². The van der Waals surface area contributed by atoms with Crippen molar-refractivity contribution < 1.29 is 4.74 Å². The van der Waals surface area contributed by atoms with Gasteiger partial charge in [0.05, 0.1) is 31.2 Å². The molecule has 1 aliphatic heterocycles. The molecule has 0 unspecified atom stereocenters. The van der Waals surface area contributed by atoms with Gasteiger partial charge in [0, 0.05) is 30.7 Å². The zero-order chi connectivity index (χ0) is 19.1. The number of ether oxygens (including phenoxy) is 1. The van der Waals surface area contributed by atoms with Crippen molar-refractivity contribution in [2.24, 2.45) is 0 Å². The average Bonchev–Trinajstić information content (AvgIpc) is 3.38. The third-order valence-electron chi connectivity index (χ3n) is 4.94. The van der Waals surface area contributed by atoms with E-state index in [2.05, 4.69) is 37.0 Å². The number of fused-ring (bicyclic) bond motifs is 1. The number of hydrogen-bond acceptors (Lipinski definition) is 7. The molecule has 0 radical (unpaired) electrons. The second-order valence-corrected chi connectivity index (χ2v) is 6.96. The van der Waals surface area contributed by atoms with Gasteiger partial charge in [-0.25, -0.2) is 19.9 Å². The molecule has 0 amide bonds. The van der Waals surface area contributed by atoms with Crippen LogP contribution in [0.1, 0.15) is 18.6 Å². The summed E-state index contributed by atoms with van der Waals surface area (Å²) >= 11 is 6.04. The molecule has 1 N–H and O–H groups in total. The van der Waals surface area contributed by atoms with Crippen molar-refractivity contribution in [1.29, 1.82) is 0 Å². The van der Waals surface area contributed by atoms with E-state index >= 15 is 0 Å². The van der Waals surface area contributed by atoms with Crippen LogP contribution in [0.15, 0.2) is 43.2 Å². The van der Waals surface area contributed by atoms with Crippen LogP contribution in [-0.4, -0.2) is 53.7 Å². The molecule has 0 saturated carbocycles. The molecular formula is C18H17ClN8O. The van der Waals surface area contributed by atoms with Gasteiger partial charge in [0.2, 0.25) is 0 Å². The summed E-state index contributed by atoms with van der Waals surface area (Å²) in [7, 11) is 0. The maximum atomic E-state index is 6.04. The van der Waals surface area contributed by atoms with Crippen molar-refractivity contribution in [1.82, 2.24) is 34.5 Å². The summed E-state index contributed by atoms with van der Waals surface area (Å²) in [6.07, 6.45) is 10.4. The monoisotopic (exact) mass is 396 g/mol. The quantitative estimate of drug-likeness (QED) is 0.568. The normalized spacial score (nSPS) is 20.0. The van der Waals surface area contributed by atoms with Crippen molar-refractivity contribution in [3.05, 3.63) is 54.0 Å². The lowest BCUT2D eigenvalue weighted by atomic mass is 10.0. The van der Waals surface area contributed by atoms with Gasteiger partial charge in [0.25, 0.3) is 0 Å². The molecule has 0 spiro atoms. The van der Waals surface area contributed by atoms with Crippen LogP contribution in [0.4, 0.5) is 5.82 Å². The smallest absolute Gasteiger partial charge is 0.180 e. The molecule has 5 heterocycles. The van der Waals surface area contributed by atoms with E-state index in [4.69, 9.17) is 21.3 Å². The van der Waals surface area contributed by atoms with Crippen molar-refractivity contribution in [3.8, 4) is 11.5 Å². The predicted octanol–water partition coefficient (Wildman–Crippen LogP) is 2.53. The number of halogens is 1. The molecule has 9 nitrogen and oxygen atoms in total. The average molecular weight is 397 g/mol. The number of aromatic nitrogens is 7. The Morgan fingerprint density at radius 2 is 2.14 bits per heavy atom. The minimum absolute atomic E-state index is 0.0772. The maximum absolute atomic E-state index is 6.04. The third-order valence-corrected chi connectivity index (χ3v) is 5.13. The predicted molar refractivity (Wildman–Crippen MR) is 103 cm³/mol. The molecule has 0 aliphatic carbocycles. The van der Waals surface area contributed by atoms with Crippen LogP contribution in [0.25, 0.3) is 17.2 Å². The van der Waals surface area contributed by atoms with Crippen molar-refractivity contribution >= 4 is 23.1 Å². The fraction of sp³-hybridized carbons (Fsp3) is 0.278. The Hall–Kier alpha value is -3.04. The summed E-state index contributed by atoms with van der Waals surface area (Å²) in [6.45, 7) is 3.48. The molecule has 142 valence electrons. The van der Waals surface area contributed by atoms with Gasteiger partial charge in [-0.3, -0.25) is 9.50 Å². The first-order valence-electron chi connectivity index (χ1n) is 8.89. The first kappa shape index (κ1) is 17.1. The summed E-state index contributed by atoms with van der Waals surface area (Å²) in [4.78, 5) is 19.9. The number of hydrogen-bond donors (Lipinski definition) is 1. The van der Waals surface area contributed by atoms with E-state index < -0.39 is 0 Å². The summed E-state index contributed by atoms with van der Waals surface area (Å²) in [6, 6.07) is 2.00. The van der Waals surface area contributed by atoms with Crippen molar-refractivity contribution in [2.45, 2.75) is 19.1 Å². The number of rotatable bonds is 3. The highest BCUT2D eigenvalue weighted by Crippen LogP contribution is 2.31. The Balaban J connectivity index is 1.51. The lowest BCUT2D eigenvalue weighted by Gasteiger charge is -2.39. The topological polar surface area (TPSA) is 97.1 Å². The molecule has 0 bridgehead atoms. The van der Waals surface area contributed by atoms with Crippen LogP contribution in [0, 0.1) is 0 Å². The van der Waals surface area contributed by atoms with Gasteiger partial charge in [-0.15, -0.1) is 0 Å². The summed E-state index contributed by atoms with van der Waals surface area (Å²) in [5.74, 6) is 1.41. The molecule has 0 aromatic carbocycles. The molecule has 1 aliphatic rings. The van der Waals surface area contributed by atoms with Crippen LogP contribution in [0.3, 0.4) is 0 Å². The first-order valence-corrected chi connectivity index (χ1v) is 9.27. The van der Waals surface area contributed by atoms with Crippen LogP contribution >= 0.6 is 11.6 Å². The molecule has 4 aromatic rings. The highest BCUT2D eigenvalue weighted by molar-refractivity contribution is 6.29. The van der Waals surface area contributed by atoms with E-state index in [1.165, 1.54) is 0 Å². The molecule has 28 heavy (non-hydrogen) atoms. The molecule has 10 heteroatoms. The molecular weight excluding hydrogens is 380 g/mol. The zero-order valence-corrected chi connectivity index (χ0v) is 15.8. The van der Waals surface area contributed by atoms with Gasteiger partial charge in [0.15, 0.2) is 11.5 Å². The second-order valence-electron chi connectivity index (χ2n) is 6.58. The number of anilines is 1. The SMILES string of the molecule is C[C@@H]1[C@H](c2cn[nH]c2)OCCN1c1ccnc(-c2cnc3cnc(Cl)cn23)n1. The van der Waals surface area contributed by atoms with Gasteiger partial charge in [-0.05, 0) is 13.0 Å². The minimum Gasteiger partial charge on any atom is -0.369 e. The van der Waals surface area contributed by atoms with Crippen LogP contribution in [0.2, 0.25) is 5.15 Å². The summed E-state index contributed by atoms with van der Waals surface area (Å²) in [5.41, 5.74) is 2.47. The molecule has 2 atom stereocenters. The Bertz CT molecular complexity index is 1110. The Labute approximate surface area is 165 Å². The third kappa shape index (κ3) is 2.88. The maximum Gasteiger partial charge on any atom is 0.180 e. The standard InChI is InChI=1S/C18H17ClN8O/c1-11-17(12-6-23-24-7-12)28-5-4-26(11)15-2-3-20-18(25-15)13-8-22-16-9-21-14(19)10-27(13)16/h2-3,6-11,17H,4-5H2,1H3,(H,23,24)/t11-,17-/m1/s1. The van der Waals surface area contributed by atoms with Gasteiger partial charge in [-0.1, -0.05) is 11.6 Å². The van der Waals surface area contributed by atoms with E-state index in [1.807, 2.05) is 16.7 Å². The number of aromatic amines is 1. The highest BCUT2D eigenvalue weighted by atomic mass is 35.5. The van der Waals surface area contributed by atoms with E-state index in [0.29, 0.717) is 23.2 Å². The van der Waals surface area contributed by atoms with E-state index in [9.17, 15) is 0 Å². The van der Waals surface area contributed by atoms with Gasteiger partial charge < -0.3 is 9.64 Å². The number of nitrogens with zero attached hydrogens (tertiary/aromatic N) is 7. The van der Waals surface area contributed by atoms with Crippen LogP contribution < -0.4 is 4.90 Å². The van der Waals surface area contributed by atoms with Gasteiger partial charge >= 0.3 is 0 Å². The number of nitrogens with one attached hydrogen (secondary N) is 1. The zero-order valence-electron chi connectivity index (χ0n) is 15.0. The second kappa shape index (κ2) is 6.84.